The average molecular weight is 247 g/mol. The number of H-pyrrole nitrogens is 1. The normalized spacial score (nSPS) is 10.9. The van der Waals surface area contributed by atoms with Crippen molar-refractivity contribution in [1.29, 1.82) is 0 Å². The molecule has 2 rings (SSSR count). The first kappa shape index (κ1) is 12.5. The number of benzene rings is 1. The number of aromatic amines is 1. The Kier molecular flexibility index (Phi) is 3.28. The number of ether oxygens (including phenoxy) is 2. The predicted octanol–water partition coefficient (Wildman–Crippen LogP) is 3.09. The lowest BCUT2D eigenvalue weighted by atomic mass is 10.0. The molecule has 0 unspecified atom stereocenters. The molecule has 0 fully saturated rings. The first-order chi connectivity index (χ1) is 8.58. The summed E-state index contributed by atoms with van der Waals surface area (Å²) >= 11 is 0. The second-order valence-electron chi connectivity index (χ2n) is 4.47. The molecule has 0 aliphatic rings. The Morgan fingerprint density at radius 3 is 2.56 bits per heavy atom. The number of rotatable bonds is 3. The highest BCUT2D eigenvalue weighted by Gasteiger charge is 2.21. The van der Waals surface area contributed by atoms with Gasteiger partial charge in [-0.15, -0.1) is 0 Å². The zero-order chi connectivity index (χ0) is 13.3. The van der Waals surface area contributed by atoms with Crippen LogP contribution in [0.25, 0.3) is 10.9 Å². The molecular weight excluding hydrogens is 230 g/mol. The van der Waals surface area contributed by atoms with Crippen LogP contribution in [0.1, 0.15) is 35.8 Å². The molecule has 0 saturated carbocycles. The van der Waals surface area contributed by atoms with Crippen molar-refractivity contribution >= 4 is 16.9 Å². The Balaban J connectivity index is 2.74. The summed E-state index contributed by atoms with van der Waals surface area (Å²) in [6.45, 7) is 4.07. The number of nitrogens with one attached hydrogen (secondary N) is 1. The van der Waals surface area contributed by atoms with Crippen LogP contribution >= 0.6 is 0 Å². The van der Waals surface area contributed by atoms with Crippen LogP contribution in [0.2, 0.25) is 0 Å². The molecule has 0 bridgehead atoms. The number of carbonyl (C=O) groups is 1. The second-order valence-corrected chi connectivity index (χ2v) is 4.47. The number of hydrogen-bond acceptors (Lipinski definition) is 3. The van der Waals surface area contributed by atoms with Crippen molar-refractivity contribution in [2.75, 3.05) is 14.2 Å². The van der Waals surface area contributed by atoms with Crippen LogP contribution in [0.15, 0.2) is 18.2 Å². The largest absolute Gasteiger partial charge is 0.497 e. The summed E-state index contributed by atoms with van der Waals surface area (Å²) in [6, 6.07) is 5.63. The summed E-state index contributed by atoms with van der Waals surface area (Å²) in [6.07, 6.45) is 0. The van der Waals surface area contributed by atoms with Gasteiger partial charge < -0.3 is 14.5 Å². The Bertz CT molecular complexity index is 584. The van der Waals surface area contributed by atoms with E-state index < -0.39 is 0 Å². The highest BCUT2D eigenvalue weighted by atomic mass is 16.5. The third-order valence-electron chi connectivity index (χ3n) is 3.00. The molecule has 0 spiro atoms. The minimum atomic E-state index is -0.321. The van der Waals surface area contributed by atoms with Crippen molar-refractivity contribution in [2.45, 2.75) is 19.8 Å². The summed E-state index contributed by atoms with van der Waals surface area (Å²) in [4.78, 5) is 15.2. The molecule has 1 aromatic heterocycles. The third kappa shape index (κ3) is 1.94. The number of aromatic nitrogens is 1. The van der Waals surface area contributed by atoms with Gasteiger partial charge in [-0.05, 0) is 24.1 Å². The molecular formula is C14H17NO3. The van der Waals surface area contributed by atoms with Crippen LogP contribution < -0.4 is 4.74 Å². The smallest absolute Gasteiger partial charge is 0.340 e. The van der Waals surface area contributed by atoms with E-state index in [1.165, 1.54) is 7.11 Å². The predicted molar refractivity (Wildman–Crippen MR) is 70.3 cm³/mol. The number of esters is 1. The fraction of sp³-hybridized carbons (Fsp3) is 0.357. The van der Waals surface area contributed by atoms with E-state index in [0.717, 1.165) is 22.3 Å². The molecule has 2 aromatic rings. The van der Waals surface area contributed by atoms with E-state index in [4.69, 9.17) is 9.47 Å². The van der Waals surface area contributed by atoms with Crippen LogP contribution in [0, 0.1) is 0 Å². The first-order valence-corrected chi connectivity index (χ1v) is 5.86. The standard InChI is InChI=1S/C14H17NO3/c1-8(2)13-12(14(16)18-4)10-7-9(17-3)5-6-11(10)15-13/h5-8,15H,1-4H3. The number of hydrogen-bond donors (Lipinski definition) is 1. The van der Waals surface area contributed by atoms with E-state index in [-0.39, 0.29) is 11.9 Å². The van der Waals surface area contributed by atoms with Gasteiger partial charge in [0.25, 0.3) is 0 Å². The molecule has 18 heavy (non-hydrogen) atoms. The molecule has 0 radical (unpaired) electrons. The quantitative estimate of drug-likeness (QED) is 0.848. The topological polar surface area (TPSA) is 51.3 Å². The van der Waals surface area contributed by atoms with Crippen molar-refractivity contribution in [3.8, 4) is 5.75 Å². The van der Waals surface area contributed by atoms with E-state index in [9.17, 15) is 4.79 Å². The lowest BCUT2D eigenvalue weighted by Crippen LogP contribution is -2.05. The Morgan fingerprint density at radius 1 is 1.28 bits per heavy atom. The van der Waals surface area contributed by atoms with E-state index in [2.05, 4.69) is 4.98 Å². The van der Waals surface area contributed by atoms with Gasteiger partial charge >= 0.3 is 5.97 Å². The van der Waals surface area contributed by atoms with E-state index in [0.29, 0.717) is 5.56 Å². The highest BCUT2D eigenvalue weighted by molar-refractivity contribution is 6.06. The molecule has 4 heteroatoms. The summed E-state index contributed by atoms with van der Waals surface area (Å²) in [7, 11) is 3.00. The number of carbonyl (C=O) groups excluding carboxylic acids is 1. The fourth-order valence-corrected chi connectivity index (χ4v) is 2.07. The molecule has 0 atom stereocenters. The van der Waals surface area contributed by atoms with E-state index in [1.54, 1.807) is 7.11 Å². The first-order valence-electron chi connectivity index (χ1n) is 5.86. The maximum Gasteiger partial charge on any atom is 0.340 e. The SMILES string of the molecule is COC(=O)c1c(C(C)C)[nH]c2ccc(OC)cc12. The molecule has 1 N–H and O–H groups in total. The molecule has 96 valence electrons. The minimum Gasteiger partial charge on any atom is -0.497 e. The summed E-state index contributed by atoms with van der Waals surface area (Å²) < 4.78 is 10.1. The Hall–Kier alpha value is -1.97. The van der Waals surface area contributed by atoms with Crippen molar-refractivity contribution in [3.05, 3.63) is 29.5 Å². The molecule has 4 nitrogen and oxygen atoms in total. The number of fused-ring (bicyclic) bond motifs is 1. The van der Waals surface area contributed by atoms with Crippen molar-refractivity contribution in [1.82, 2.24) is 4.98 Å². The van der Waals surface area contributed by atoms with Crippen molar-refractivity contribution in [2.24, 2.45) is 0 Å². The van der Waals surface area contributed by atoms with Crippen molar-refractivity contribution in [3.63, 3.8) is 0 Å². The zero-order valence-corrected chi connectivity index (χ0v) is 11.0. The van der Waals surface area contributed by atoms with Gasteiger partial charge in [0, 0.05) is 16.6 Å². The average Bonchev–Trinajstić information content (AvgIpc) is 2.76. The molecule has 1 aromatic carbocycles. The van der Waals surface area contributed by atoms with Crippen LogP contribution in [0.4, 0.5) is 0 Å². The van der Waals surface area contributed by atoms with Crippen LogP contribution in [0.3, 0.4) is 0 Å². The van der Waals surface area contributed by atoms with Gasteiger partial charge in [0.2, 0.25) is 0 Å². The Labute approximate surface area is 106 Å². The summed E-state index contributed by atoms with van der Waals surface area (Å²) in [5.41, 5.74) is 2.41. The number of methoxy groups -OCH3 is 2. The fourth-order valence-electron chi connectivity index (χ4n) is 2.07. The van der Waals surface area contributed by atoms with Crippen LogP contribution in [-0.4, -0.2) is 25.2 Å². The van der Waals surface area contributed by atoms with E-state index >= 15 is 0 Å². The summed E-state index contributed by atoms with van der Waals surface area (Å²) in [5.74, 6) is 0.623. The minimum absolute atomic E-state index is 0.220. The zero-order valence-electron chi connectivity index (χ0n) is 11.0. The van der Waals surface area contributed by atoms with Gasteiger partial charge in [-0.1, -0.05) is 13.8 Å². The monoisotopic (exact) mass is 247 g/mol. The van der Waals surface area contributed by atoms with Crippen LogP contribution in [-0.2, 0) is 4.74 Å². The summed E-state index contributed by atoms with van der Waals surface area (Å²) in [5, 5.41) is 0.838. The van der Waals surface area contributed by atoms with Gasteiger partial charge in [0.15, 0.2) is 0 Å². The Morgan fingerprint density at radius 2 is 2.00 bits per heavy atom. The van der Waals surface area contributed by atoms with Gasteiger partial charge in [0.1, 0.15) is 5.75 Å². The van der Waals surface area contributed by atoms with Gasteiger partial charge in [-0.3, -0.25) is 0 Å². The van der Waals surface area contributed by atoms with Crippen LogP contribution in [0.5, 0.6) is 5.75 Å². The van der Waals surface area contributed by atoms with Gasteiger partial charge in [-0.2, -0.15) is 0 Å². The molecule has 0 aliphatic carbocycles. The maximum absolute atomic E-state index is 11.9. The van der Waals surface area contributed by atoms with Gasteiger partial charge in [-0.25, -0.2) is 4.79 Å². The van der Waals surface area contributed by atoms with Crippen molar-refractivity contribution < 1.29 is 14.3 Å². The lowest BCUT2D eigenvalue weighted by Gasteiger charge is -2.05. The molecule has 0 aliphatic heterocycles. The highest BCUT2D eigenvalue weighted by Crippen LogP contribution is 2.30. The lowest BCUT2D eigenvalue weighted by molar-refractivity contribution is 0.0601. The molecule has 1 heterocycles. The molecule has 0 saturated heterocycles. The maximum atomic E-state index is 11.9. The van der Waals surface area contributed by atoms with E-state index in [1.807, 2.05) is 32.0 Å². The third-order valence-corrected chi connectivity index (χ3v) is 3.00. The second kappa shape index (κ2) is 4.72. The van der Waals surface area contributed by atoms with Gasteiger partial charge in [0.05, 0.1) is 19.8 Å². The molecule has 0 amide bonds.